The molecule has 124 valence electrons. The minimum absolute atomic E-state index is 0.0997. The molecule has 0 spiro atoms. The molecule has 0 aliphatic carbocycles. The first kappa shape index (κ1) is 15.2. The second-order valence-electron chi connectivity index (χ2n) is 5.82. The van der Waals surface area contributed by atoms with Crippen molar-refractivity contribution in [2.45, 2.75) is 0 Å². The van der Waals surface area contributed by atoms with Crippen LogP contribution in [-0.2, 0) is 0 Å². The van der Waals surface area contributed by atoms with E-state index in [0.717, 1.165) is 34.1 Å². The van der Waals surface area contributed by atoms with Crippen LogP contribution in [0.25, 0.3) is 22.7 Å². The maximum Gasteiger partial charge on any atom is 0.266 e. The van der Waals surface area contributed by atoms with E-state index in [1.165, 1.54) is 0 Å². The predicted octanol–water partition coefficient (Wildman–Crippen LogP) is 3.36. The highest BCUT2D eigenvalue weighted by atomic mass is 16.2. The SMILES string of the molecule is O=c1c2c(c3cc(C=CO)ccc3n1-c1ccccc1)NCCN=C2. The summed E-state index contributed by atoms with van der Waals surface area (Å²) < 4.78 is 1.71. The Morgan fingerprint density at radius 3 is 2.80 bits per heavy atom. The fraction of sp³-hybridized carbons (Fsp3) is 0.100. The molecule has 0 amide bonds. The largest absolute Gasteiger partial charge is 0.516 e. The lowest BCUT2D eigenvalue weighted by atomic mass is 10.0. The van der Waals surface area contributed by atoms with Gasteiger partial charge < -0.3 is 10.4 Å². The molecule has 5 nitrogen and oxygen atoms in total. The van der Waals surface area contributed by atoms with E-state index in [1.54, 1.807) is 16.9 Å². The number of benzene rings is 2. The summed E-state index contributed by atoms with van der Waals surface area (Å²) in [4.78, 5) is 17.5. The molecule has 1 aliphatic heterocycles. The highest BCUT2D eigenvalue weighted by Gasteiger charge is 2.18. The van der Waals surface area contributed by atoms with Crippen LogP contribution in [-0.4, -0.2) is 29.0 Å². The Hall–Kier alpha value is -3.34. The van der Waals surface area contributed by atoms with Gasteiger partial charge in [-0.2, -0.15) is 0 Å². The molecule has 0 fully saturated rings. The van der Waals surface area contributed by atoms with E-state index in [-0.39, 0.29) is 5.56 Å². The van der Waals surface area contributed by atoms with Crippen molar-refractivity contribution >= 4 is 28.9 Å². The van der Waals surface area contributed by atoms with Crippen molar-refractivity contribution in [2.24, 2.45) is 4.99 Å². The number of para-hydroxylation sites is 1. The van der Waals surface area contributed by atoms with Crippen LogP contribution in [0.1, 0.15) is 11.1 Å². The van der Waals surface area contributed by atoms with Crippen molar-refractivity contribution in [1.29, 1.82) is 0 Å². The zero-order valence-electron chi connectivity index (χ0n) is 13.5. The minimum Gasteiger partial charge on any atom is -0.516 e. The Balaban J connectivity index is 2.14. The van der Waals surface area contributed by atoms with Gasteiger partial charge in [0.2, 0.25) is 0 Å². The molecule has 0 saturated carbocycles. The highest BCUT2D eigenvalue weighted by molar-refractivity contribution is 6.03. The van der Waals surface area contributed by atoms with Crippen molar-refractivity contribution in [3.8, 4) is 5.69 Å². The van der Waals surface area contributed by atoms with Gasteiger partial charge in [-0.15, -0.1) is 0 Å². The van der Waals surface area contributed by atoms with Crippen LogP contribution in [0.5, 0.6) is 0 Å². The molecule has 0 bridgehead atoms. The highest BCUT2D eigenvalue weighted by Crippen LogP contribution is 2.28. The van der Waals surface area contributed by atoms with E-state index in [4.69, 9.17) is 5.11 Å². The normalized spacial score (nSPS) is 13.6. The molecule has 2 aromatic carbocycles. The molecular weight excluding hydrogens is 314 g/mol. The van der Waals surface area contributed by atoms with Gasteiger partial charge in [-0.3, -0.25) is 14.4 Å². The number of nitrogens with zero attached hydrogens (tertiary/aromatic N) is 2. The summed E-state index contributed by atoms with van der Waals surface area (Å²) in [7, 11) is 0. The number of aromatic nitrogens is 1. The third kappa shape index (κ3) is 2.59. The van der Waals surface area contributed by atoms with Gasteiger partial charge >= 0.3 is 0 Å². The summed E-state index contributed by atoms with van der Waals surface area (Å²) in [5, 5.41) is 13.3. The second-order valence-corrected chi connectivity index (χ2v) is 5.82. The molecule has 4 rings (SSSR count). The summed E-state index contributed by atoms with van der Waals surface area (Å²) >= 11 is 0. The first-order valence-corrected chi connectivity index (χ1v) is 8.12. The van der Waals surface area contributed by atoms with Crippen LogP contribution in [0, 0.1) is 0 Å². The monoisotopic (exact) mass is 331 g/mol. The van der Waals surface area contributed by atoms with Crippen LogP contribution in [0.3, 0.4) is 0 Å². The maximum absolute atomic E-state index is 13.2. The van der Waals surface area contributed by atoms with E-state index in [9.17, 15) is 4.79 Å². The molecule has 1 aromatic heterocycles. The Labute approximate surface area is 144 Å². The van der Waals surface area contributed by atoms with Gasteiger partial charge in [-0.05, 0) is 35.9 Å². The number of aliphatic imine (C=N–C) groups is 1. The molecule has 0 unspecified atom stereocenters. The molecule has 0 radical (unpaired) electrons. The van der Waals surface area contributed by atoms with Gasteiger partial charge in [0.25, 0.3) is 5.56 Å². The predicted molar refractivity (Wildman–Crippen MR) is 102 cm³/mol. The Morgan fingerprint density at radius 1 is 1.16 bits per heavy atom. The van der Waals surface area contributed by atoms with Gasteiger partial charge in [-0.25, -0.2) is 0 Å². The van der Waals surface area contributed by atoms with Crippen molar-refractivity contribution in [1.82, 2.24) is 4.57 Å². The van der Waals surface area contributed by atoms with Crippen molar-refractivity contribution in [2.75, 3.05) is 18.4 Å². The first-order valence-electron chi connectivity index (χ1n) is 8.12. The molecule has 2 heterocycles. The van der Waals surface area contributed by atoms with Gasteiger partial charge in [0, 0.05) is 23.8 Å². The average molecular weight is 331 g/mol. The summed E-state index contributed by atoms with van der Waals surface area (Å²) in [5.74, 6) is 0. The summed E-state index contributed by atoms with van der Waals surface area (Å²) in [6.07, 6.45) is 4.29. The number of rotatable bonds is 2. The molecule has 1 aliphatic rings. The number of pyridine rings is 1. The van der Waals surface area contributed by atoms with E-state index < -0.39 is 0 Å². The fourth-order valence-corrected chi connectivity index (χ4v) is 3.17. The van der Waals surface area contributed by atoms with E-state index in [1.807, 2.05) is 48.5 Å². The van der Waals surface area contributed by atoms with Gasteiger partial charge in [-0.1, -0.05) is 24.3 Å². The number of anilines is 1. The molecule has 0 atom stereocenters. The second kappa shape index (κ2) is 6.28. The standard InChI is InChI=1S/C20H17N3O2/c24-11-8-14-6-7-18-16(12-14)19-17(13-21-9-10-22-19)20(25)23(18)15-4-2-1-3-5-15/h1-8,11-13,22,24H,9-10H2. The number of aliphatic hydroxyl groups excluding tert-OH is 1. The Morgan fingerprint density at radius 2 is 2.00 bits per heavy atom. The Kier molecular flexibility index (Phi) is 3.82. The minimum atomic E-state index is -0.0997. The number of nitrogens with one attached hydrogen (secondary N) is 1. The maximum atomic E-state index is 13.2. The van der Waals surface area contributed by atoms with Crippen LogP contribution < -0.4 is 10.9 Å². The fourth-order valence-electron chi connectivity index (χ4n) is 3.17. The van der Waals surface area contributed by atoms with Crippen LogP contribution >= 0.6 is 0 Å². The van der Waals surface area contributed by atoms with Crippen molar-refractivity contribution < 1.29 is 5.11 Å². The molecule has 0 saturated heterocycles. The smallest absolute Gasteiger partial charge is 0.266 e. The first-order chi connectivity index (χ1) is 12.3. The third-order valence-corrected chi connectivity index (χ3v) is 4.28. The lowest BCUT2D eigenvalue weighted by molar-refractivity contribution is 0.478. The topological polar surface area (TPSA) is 66.6 Å². The number of hydrogen-bond donors (Lipinski definition) is 2. The number of hydrogen-bond acceptors (Lipinski definition) is 4. The Bertz CT molecular complexity index is 1050. The van der Waals surface area contributed by atoms with Crippen molar-refractivity contribution in [3.63, 3.8) is 0 Å². The zero-order valence-corrected chi connectivity index (χ0v) is 13.5. The quantitative estimate of drug-likeness (QED) is 0.708. The lowest BCUT2D eigenvalue weighted by Gasteiger charge is -2.17. The number of fused-ring (bicyclic) bond motifs is 3. The molecule has 5 heteroatoms. The van der Waals surface area contributed by atoms with E-state index in [0.29, 0.717) is 18.7 Å². The van der Waals surface area contributed by atoms with Gasteiger partial charge in [0.1, 0.15) is 0 Å². The molecule has 2 N–H and O–H groups in total. The zero-order chi connectivity index (χ0) is 17.2. The van der Waals surface area contributed by atoms with E-state index >= 15 is 0 Å². The summed E-state index contributed by atoms with van der Waals surface area (Å²) in [5.41, 5.74) is 3.73. The lowest BCUT2D eigenvalue weighted by Crippen LogP contribution is -2.24. The van der Waals surface area contributed by atoms with E-state index in [2.05, 4.69) is 10.3 Å². The average Bonchev–Trinajstić information content (AvgIpc) is 2.90. The number of aliphatic hydroxyl groups is 1. The van der Waals surface area contributed by atoms with Gasteiger partial charge in [0.15, 0.2) is 0 Å². The molecule has 25 heavy (non-hydrogen) atoms. The molecule has 3 aromatic rings. The van der Waals surface area contributed by atoms with Gasteiger partial charge in [0.05, 0.1) is 29.6 Å². The van der Waals surface area contributed by atoms with Crippen molar-refractivity contribution in [3.05, 3.63) is 76.3 Å². The molecular formula is C20H17N3O2. The van der Waals surface area contributed by atoms with Crippen LogP contribution in [0.15, 0.2) is 64.6 Å². The summed E-state index contributed by atoms with van der Waals surface area (Å²) in [6, 6.07) is 15.3. The van der Waals surface area contributed by atoms with Crippen LogP contribution in [0.4, 0.5) is 5.69 Å². The van der Waals surface area contributed by atoms with Crippen LogP contribution in [0.2, 0.25) is 0 Å². The summed E-state index contributed by atoms with van der Waals surface area (Å²) in [6.45, 7) is 1.30. The third-order valence-electron chi connectivity index (χ3n) is 4.28.